The van der Waals surface area contributed by atoms with E-state index in [1.54, 1.807) is 0 Å². The van der Waals surface area contributed by atoms with Crippen LogP contribution in [0.2, 0.25) is 0 Å². The van der Waals surface area contributed by atoms with Crippen LogP contribution in [-0.4, -0.2) is 13.2 Å². The first kappa shape index (κ1) is 14.2. The lowest BCUT2D eigenvalue weighted by Crippen LogP contribution is -2.18. The van der Waals surface area contributed by atoms with Gasteiger partial charge in [-0.15, -0.1) is 11.3 Å². The van der Waals surface area contributed by atoms with E-state index in [0.717, 1.165) is 11.5 Å². The molecule has 2 heterocycles. The fourth-order valence-electron chi connectivity index (χ4n) is 1.73. The van der Waals surface area contributed by atoms with Crippen LogP contribution in [0.4, 0.5) is 0 Å². The van der Waals surface area contributed by atoms with Gasteiger partial charge in [-0.1, -0.05) is 45.2 Å². The van der Waals surface area contributed by atoms with Crippen LogP contribution in [-0.2, 0) is 6.84 Å². The molecule has 1 aliphatic rings. The molecule has 1 aliphatic heterocycles. The Kier molecular flexibility index (Phi) is 3.92. The van der Waals surface area contributed by atoms with E-state index in [9.17, 15) is 0 Å². The highest BCUT2D eigenvalue weighted by atomic mass is 127. The van der Waals surface area contributed by atoms with Crippen LogP contribution in [0.5, 0.6) is 11.5 Å². The molecule has 0 aromatic carbocycles. The molecule has 0 fully saturated rings. The van der Waals surface area contributed by atoms with Crippen molar-refractivity contribution in [2.24, 2.45) is 0 Å². The SMILES string of the molecule is CC(C)(I)c1sc(C(C)(C)I)c2c1OCCO2. The van der Waals surface area contributed by atoms with Crippen LogP contribution in [0, 0.1) is 0 Å². The second-order valence-electron chi connectivity index (χ2n) is 5.06. The molecule has 0 unspecified atom stereocenters. The zero-order valence-corrected chi connectivity index (χ0v) is 15.5. The molecule has 2 rings (SSSR count). The summed E-state index contributed by atoms with van der Waals surface area (Å²) in [6.07, 6.45) is 0. The normalized spacial score (nSPS) is 16.1. The minimum absolute atomic E-state index is 0.0767. The molecule has 1 aromatic rings. The van der Waals surface area contributed by atoms with Gasteiger partial charge < -0.3 is 9.47 Å². The molecule has 96 valence electrons. The summed E-state index contributed by atoms with van der Waals surface area (Å²) < 4.78 is 11.8. The summed E-state index contributed by atoms with van der Waals surface area (Å²) in [5.41, 5.74) is 0. The maximum atomic E-state index is 5.83. The molecule has 0 N–H and O–H groups in total. The Balaban J connectivity index is 2.60. The molecule has 0 amide bonds. The van der Waals surface area contributed by atoms with Gasteiger partial charge in [0, 0.05) is 0 Å². The van der Waals surface area contributed by atoms with Crippen molar-refractivity contribution in [1.82, 2.24) is 0 Å². The molecule has 0 bridgehead atoms. The third kappa shape index (κ3) is 2.86. The molecule has 0 aliphatic carbocycles. The first-order chi connectivity index (χ1) is 7.71. The third-order valence-corrected chi connectivity index (χ3v) is 6.09. The maximum absolute atomic E-state index is 5.83. The van der Waals surface area contributed by atoms with Gasteiger partial charge in [-0.3, -0.25) is 0 Å². The summed E-state index contributed by atoms with van der Waals surface area (Å²) in [7, 11) is 0. The smallest absolute Gasteiger partial charge is 0.176 e. The van der Waals surface area contributed by atoms with Crippen molar-refractivity contribution in [3.63, 3.8) is 0 Å². The fourth-order valence-corrected chi connectivity index (χ4v) is 4.06. The van der Waals surface area contributed by atoms with Crippen LogP contribution in [0.3, 0.4) is 0 Å². The average Bonchev–Trinajstić information content (AvgIpc) is 2.55. The molecule has 0 saturated carbocycles. The standard InChI is InChI=1S/C12H16I2O2S/c1-11(2,13)9-7-8(16-6-5-15-7)10(17-9)12(3,4)14/h5-6H2,1-4H3. The van der Waals surface area contributed by atoms with Crippen molar-refractivity contribution in [3.8, 4) is 11.5 Å². The van der Waals surface area contributed by atoms with Gasteiger partial charge in [0.1, 0.15) is 13.2 Å². The van der Waals surface area contributed by atoms with Gasteiger partial charge >= 0.3 is 0 Å². The van der Waals surface area contributed by atoms with Gasteiger partial charge in [-0.05, 0) is 27.7 Å². The molecule has 2 nitrogen and oxygen atoms in total. The zero-order chi connectivity index (χ0) is 12.8. The minimum atomic E-state index is 0.0767. The zero-order valence-electron chi connectivity index (χ0n) is 10.4. The Morgan fingerprint density at radius 1 is 0.882 bits per heavy atom. The number of ether oxygens (including phenoxy) is 2. The Bertz CT molecular complexity index is 388. The quantitative estimate of drug-likeness (QED) is 0.447. The van der Waals surface area contributed by atoms with Crippen LogP contribution < -0.4 is 9.47 Å². The largest absolute Gasteiger partial charge is 0.485 e. The Hall–Kier alpha value is 0.760. The first-order valence-electron chi connectivity index (χ1n) is 5.52. The van der Waals surface area contributed by atoms with Crippen LogP contribution in [0.25, 0.3) is 0 Å². The lowest BCUT2D eigenvalue weighted by Gasteiger charge is -2.22. The Morgan fingerprint density at radius 3 is 1.53 bits per heavy atom. The lowest BCUT2D eigenvalue weighted by atomic mass is 10.1. The Morgan fingerprint density at radius 2 is 1.24 bits per heavy atom. The molecule has 1 aromatic heterocycles. The third-order valence-electron chi connectivity index (χ3n) is 2.48. The van der Waals surface area contributed by atoms with Crippen LogP contribution in [0.15, 0.2) is 0 Å². The van der Waals surface area contributed by atoms with Crippen molar-refractivity contribution >= 4 is 56.5 Å². The van der Waals surface area contributed by atoms with Crippen molar-refractivity contribution in [2.75, 3.05) is 13.2 Å². The molecule has 17 heavy (non-hydrogen) atoms. The molecular formula is C12H16I2O2S. The summed E-state index contributed by atoms with van der Waals surface area (Å²) in [4.78, 5) is 2.57. The highest BCUT2D eigenvalue weighted by molar-refractivity contribution is 14.1. The highest BCUT2D eigenvalue weighted by Gasteiger charge is 2.36. The van der Waals surface area contributed by atoms with Crippen LogP contribution in [0.1, 0.15) is 37.4 Å². The molecule has 0 atom stereocenters. The number of rotatable bonds is 2. The van der Waals surface area contributed by atoms with Crippen molar-refractivity contribution in [3.05, 3.63) is 9.75 Å². The first-order valence-corrected chi connectivity index (χ1v) is 8.50. The van der Waals surface area contributed by atoms with E-state index >= 15 is 0 Å². The summed E-state index contributed by atoms with van der Waals surface area (Å²) >= 11 is 6.75. The predicted molar refractivity (Wildman–Crippen MR) is 89.4 cm³/mol. The van der Waals surface area contributed by atoms with E-state index in [-0.39, 0.29) is 6.84 Å². The van der Waals surface area contributed by atoms with Crippen molar-refractivity contribution in [2.45, 2.75) is 34.5 Å². The van der Waals surface area contributed by atoms with E-state index in [2.05, 4.69) is 72.9 Å². The number of halogens is 2. The van der Waals surface area contributed by atoms with Crippen molar-refractivity contribution < 1.29 is 9.47 Å². The monoisotopic (exact) mass is 478 g/mol. The fraction of sp³-hybridized carbons (Fsp3) is 0.667. The molecule has 5 heteroatoms. The lowest BCUT2D eigenvalue weighted by molar-refractivity contribution is 0.169. The Labute approximate surface area is 134 Å². The molecule has 0 radical (unpaired) electrons. The number of hydrogen-bond donors (Lipinski definition) is 0. The van der Waals surface area contributed by atoms with Gasteiger partial charge in [0.05, 0.1) is 16.6 Å². The summed E-state index contributed by atoms with van der Waals surface area (Å²) in [6, 6.07) is 0. The number of fused-ring (bicyclic) bond motifs is 1. The molecule has 0 spiro atoms. The highest BCUT2D eigenvalue weighted by Crippen LogP contribution is 2.55. The van der Waals surface area contributed by atoms with Gasteiger partial charge in [-0.25, -0.2) is 0 Å². The van der Waals surface area contributed by atoms with Crippen LogP contribution >= 0.6 is 56.5 Å². The van der Waals surface area contributed by atoms with Gasteiger partial charge in [-0.2, -0.15) is 0 Å². The average molecular weight is 478 g/mol. The van der Waals surface area contributed by atoms with E-state index in [0.29, 0.717) is 13.2 Å². The summed E-state index contributed by atoms with van der Waals surface area (Å²) in [5, 5.41) is 0. The van der Waals surface area contributed by atoms with E-state index in [1.165, 1.54) is 9.75 Å². The van der Waals surface area contributed by atoms with Gasteiger partial charge in [0.2, 0.25) is 0 Å². The van der Waals surface area contributed by atoms with E-state index < -0.39 is 0 Å². The topological polar surface area (TPSA) is 18.5 Å². The maximum Gasteiger partial charge on any atom is 0.176 e. The number of thiophene rings is 1. The van der Waals surface area contributed by atoms with Crippen molar-refractivity contribution in [1.29, 1.82) is 0 Å². The second kappa shape index (κ2) is 4.70. The van der Waals surface area contributed by atoms with E-state index in [4.69, 9.17) is 9.47 Å². The second-order valence-corrected chi connectivity index (χ2v) is 11.5. The predicted octanol–water partition coefficient (Wildman–Crippen LogP) is 4.86. The molecule has 0 saturated heterocycles. The minimum Gasteiger partial charge on any atom is -0.485 e. The number of hydrogen-bond acceptors (Lipinski definition) is 3. The van der Waals surface area contributed by atoms with Gasteiger partial charge in [0.25, 0.3) is 0 Å². The van der Waals surface area contributed by atoms with Gasteiger partial charge in [0.15, 0.2) is 11.5 Å². The summed E-state index contributed by atoms with van der Waals surface area (Å²) in [5.74, 6) is 1.95. The summed E-state index contributed by atoms with van der Waals surface area (Å²) in [6.45, 7) is 10.2. The molecular weight excluding hydrogens is 462 g/mol. The number of alkyl halides is 2. The van der Waals surface area contributed by atoms with E-state index in [1.807, 2.05) is 11.3 Å².